The quantitative estimate of drug-likeness (QED) is 0.570. The van der Waals surface area contributed by atoms with Crippen molar-refractivity contribution < 1.29 is 13.2 Å². The van der Waals surface area contributed by atoms with E-state index >= 15 is 0 Å². The lowest BCUT2D eigenvalue weighted by atomic mass is 10.2. The Balaban J connectivity index is 1.90. The smallest absolute Gasteiger partial charge is 0.267 e. The van der Waals surface area contributed by atoms with Crippen LogP contribution in [0.25, 0.3) is 0 Å². The molecular formula is C18H12Cl3N3O3S. The van der Waals surface area contributed by atoms with Gasteiger partial charge in [0.15, 0.2) is 0 Å². The number of halogens is 3. The van der Waals surface area contributed by atoms with Gasteiger partial charge in [-0.15, -0.1) is 0 Å². The molecule has 3 rings (SSSR count). The lowest BCUT2D eigenvalue weighted by Gasteiger charge is -2.13. The first-order valence-electron chi connectivity index (χ1n) is 7.74. The van der Waals surface area contributed by atoms with E-state index in [1.165, 1.54) is 36.5 Å². The maximum atomic E-state index is 12.7. The molecular weight excluding hydrogens is 445 g/mol. The normalized spacial score (nSPS) is 11.1. The molecule has 0 saturated carbocycles. The number of aromatic nitrogens is 1. The molecule has 0 saturated heterocycles. The van der Waals surface area contributed by atoms with Crippen LogP contribution in [0.2, 0.25) is 15.1 Å². The van der Waals surface area contributed by atoms with E-state index in [0.717, 1.165) is 6.20 Å². The van der Waals surface area contributed by atoms with E-state index in [1.807, 2.05) is 4.72 Å². The summed E-state index contributed by atoms with van der Waals surface area (Å²) >= 11 is 17.7. The van der Waals surface area contributed by atoms with Crippen molar-refractivity contribution in [3.8, 4) is 0 Å². The number of amides is 1. The van der Waals surface area contributed by atoms with Crippen molar-refractivity contribution in [2.24, 2.45) is 0 Å². The minimum atomic E-state index is -4.21. The number of sulfonamides is 1. The second-order valence-electron chi connectivity index (χ2n) is 5.60. The Labute approximate surface area is 176 Å². The number of nitrogens with one attached hydrogen (secondary N) is 2. The Morgan fingerprint density at radius 3 is 2.18 bits per heavy atom. The van der Waals surface area contributed by atoms with Gasteiger partial charge in [-0.1, -0.05) is 34.8 Å². The number of benzene rings is 2. The van der Waals surface area contributed by atoms with Crippen molar-refractivity contribution in [2.75, 3.05) is 5.32 Å². The Morgan fingerprint density at radius 1 is 0.893 bits per heavy atom. The summed E-state index contributed by atoms with van der Waals surface area (Å²) in [6.45, 7) is 0. The van der Waals surface area contributed by atoms with Crippen molar-refractivity contribution in [1.29, 1.82) is 0 Å². The summed E-state index contributed by atoms with van der Waals surface area (Å²) in [5, 5.41) is 4.11. The molecule has 2 N–H and O–H groups in total. The fraction of sp³-hybridized carbons (Fsp3) is 0. The summed E-state index contributed by atoms with van der Waals surface area (Å²) in [5.74, 6) is -0.794. The zero-order chi connectivity index (χ0) is 20.3. The first-order valence-corrected chi connectivity index (χ1v) is 10.4. The maximum absolute atomic E-state index is 12.7. The summed E-state index contributed by atoms with van der Waals surface area (Å²) in [5.41, 5.74) is 0.821. The molecule has 0 atom stereocenters. The van der Waals surface area contributed by atoms with Gasteiger partial charge in [0.25, 0.3) is 15.9 Å². The molecule has 0 aliphatic carbocycles. The van der Waals surface area contributed by atoms with Gasteiger partial charge in [0.2, 0.25) is 0 Å². The second-order valence-corrected chi connectivity index (χ2v) is 8.56. The predicted octanol–water partition coefficient (Wildman–Crippen LogP) is 4.90. The van der Waals surface area contributed by atoms with Crippen molar-refractivity contribution in [3.05, 3.63) is 81.6 Å². The average molecular weight is 457 g/mol. The monoisotopic (exact) mass is 455 g/mol. The van der Waals surface area contributed by atoms with Gasteiger partial charge in [-0.2, -0.15) is 0 Å². The summed E-state index contributed by atoms with van der Waals surface area (Å²) in [4.78, 5) is 15.9. The topological polar surface area (TPSA) is 88.2 Å². The number of hydrogen-bond donors (Lipinski definition) is 2. The number of hydrogen-bond acceptors (Lipinski definition) is 5. The van der Waals surface area contributed by atoms with E-state index in [9.17, 15) is 13.2 Å². The Bertz CT molecular complexity index is 1120. The van der Waals surface area contributed by atoms with Crippen LogP contribution in [-0.2, 0) is 10.0 Å². The highest BCUT2D eigenvalue weighted by Crippen LogP contribution is 2.28. The molecule has 2 aromatic carbocycles. The van der Waals surface area contributed by atoms with E-state index in [2.05, 4.69) is 10.3 Å². The first-order chi connectivity index (χ1) is 13.2. The zero-order valence-corrected chi connectivity index (χ0v) is 17.1. The Morgan fingerprint density at radius 2 is 1.54 bits per heavy atom. The van der Waals surface area contributed by atoms with Gasteiger partial charge in [0, 0.05) is 38.7 Å². The third-order valence-corrected chi connectivity index (χ3v) is 5.60. The van der Waals surface area contributed by atoms with Crippen LogP contribution < -0.4 is 10.0 Å². The predicted molar refractivity (Wildman–Crippen MR) is 110 cm³/mol. The average Bonchev–Trinajstić information content (AvgIpc) is 2.61. The molecule has 10 heteroatoms. The van der Waals surface area contributed by atoms with Crippen LogP contribution in [0, 0.1) is 0 Å². The summed E-state index contributed by atoms with van der Waals surface area (Å²) in [6.07, 6.45) is 2.54. The van der Waals surface area contributed by atoms with E-state index < -0.39 is 15.9 Å². The van der Waals surface area contributed by atoms with Crippen molar-refractivity contribution in [1.82, 2.24) is 9.71 Å². The first kappa shape index (κ1) is 20.4. The zero-order valence-electron chi connectivity index (χ0n) is 14.0. The van der Waals surface area contributed by atoms with Crippen LogP contribution in [0.4, 0.5) is 11.4 Å². The summed E-state index contributed by atoms with van der Waals surface area (Å²) in [6, 6.07) is 12.0. The van der Waals surface area contributed by atoms with Gasteiger partial charge in [-0.05, 0) is 48.5 Å². The fourth-order valence-electron chi connectivity index (χ4n) is 2.32. The lowest BCUT2D eigenvalue weighted by molar-refractivity contribution is 0.0981. The summed E-state index contributed by atoms with van der Waals surface area (Å²) in [7, 11) is -4.21. The number of pyridine rings is 1. The number of carbonyl (C=O) groups is 1. The molecule has 0 unspecified atom stereocenters. The van der Waals surface area contributed by atoms with Crippen LogP contribution in [-0.4, -0.2) is 19.3 Å². The molecule has 0 aliphatic heterocycles. The number of carbonyl (C=O) groups excluding carboxylic acids is 1. The summed E-state index contributed by atoms with van der Waals surface area (Å²) < 4.78 is 27.5. The molecule has 0 radical (unpaired) electrons. The third kappa shape index (κ3) is 4.94. The van der Waals surface area contributed by atoms with Gasteiger partial charge in [-0.3, -0.25) is 9.78 Å². The molecule has 1 aromatic heterocycles. The Hall–Kier alpha value is -2.32. The molecule has 28 heavy (non-hydrogen) atoms. The van der Waals surface area contributed by atoms with Gasteiger partial charge in [0.05, 0.1) is 5.69 Å². The van der Waals surface area contributed by atoms with Crippen LogP contribution in [0.5, 0.6) is 0 Å². The van der Waals surface area contributed by atoms with Crippen LogP contribution in [0.15, 0.2) is 65.8 Å². The molecule has 3 aromatic rings. The minimum absolute atomic E-state index is 0.146. The fourth-order valence-corrected chi connectivity index (χ4v) is 4.05. The molecule has 144 valence electrons. The standard InChI is InChI=1S/C18H12Cl3N3O3S/c19-12-3-1-11(2-4-12)18(25)24-28(26,27)17-10-22-6-5-16(17)23-15-8-13(20)7-14(21)9-15/h1-10H,(H,22,23)(H,24,25). The van der Waals surface area contributed by atoms with Crippen molar-refractivity contribution in [3.63, 3.8) is 0 Å². The maximum Gasteiger partial charge on any atom is 0.267 e. The molecule has 0 aliphatic rings. The van der Waals surface area contributed by atoms with Gasteiger partial charge < -0.3 is 5.32 Å². The molecule has 6 nitrogen and oxygen atoms in total. The molecule has 1 heterocycles. The number of rotatable bonds is 5. The van der Waals surface area contributed by atoms with Gasteiger partial charge >= 0.3 is 0 Å². The van der Waals surface area contributed by atoms with Crippen molar-refractivity contribution >= 4 is 62.1 Å². The highest BCUT2D eigenvalue weighted by Gasteiger charge is 2.22. The van der Waals surface area contributed by atoms with E-state index in [0.29, 0.717) is 20.8 Å². The highest BCUT2D eigenvalue weighted by atomic mass is 35.5. The SMILES string of the molecule is O=C(NS(=O)(=O)c1cnccc1Nc1cc(Cl)cc(Cl)c1)c1ccc(Cl)cc1. The van der Waals surface area contributed by atoms with Gasteiger partial charge in [-0.25, -0.2) is 13.1 Å². The lowest BCUT2D eigenvalue weighted by Crippen LogP contribution is -2.31. The van der Waals surface area contributed by atoms with E-state index in [4.69, 9.17) is 34.8 Å². The largest absolute Gasteiger partial charge is 0.354 e. The molecule has 0 fully saturated rings. The highest BCUT2D eigenvalue weighted by molar-refractivity contribution is 7.90. The second kappa shape index (κ2) is 8.36. The van der Waals surface area contributed by atoms with Crippen LogP contribution >= 0.6 is 34.8 Å². The third-order valence-electron chi connectivity index (χ3n) is 3.55. The molecule has 1 amide bonds. The molecule has 0 spiro atoms. The minimum Gasteiger partial charge on any atom is -0.354 e. The van der Waals surface area contributed by atoms with E-state index in [1.54, 1.807) is 18.2 Å². The molecule has 0 bridgehead atoms. The van der Waals surface area contributed by atoms with E-state index in [-0.39, 0.29) is 16.1 Å². The van der Waals surface area contributed by atoms with Crippen LogP contribution in [0.3, 0.4) is 0 Å². The van der Waals surface area contributed by atoms with Crippen LogP contribution in [0.1, 0.15) is 10.4 Å². The Kier molecular flexibility index (Phi) is 6.10. The number of anilines is 2. The van der Waals surface area contributed by atoms with Crippen molar-refractivity contribution in [2.45, 2.75) is 4.90 Å². The number of nitrogens with zero attached hydrogens (tertiary/aromatic N) is 1. The van der Waals surface area contributed by atoms with Gasteiger partial charge in [0.1, 0.15) is 4.90 Å².